The smallest absolute Gasteiger partial charge is 0.490 e. The molecule has 0 N–H and O–H groups in total. The van der Waals surface area contributed by atoms with Crippen molar-refractivity contribution in [2.75, 3.05) is 13.2 Å². The second-order valence-electron chi connectivity index (χ2n) is 3.17. The van der Waals surface area contributed by atoms with E-state index in [1.54, 1.807) is 0 Å². The minimum atomic E-state index is -5.22. The molecule has 1 aromatic rings. The molecule has 3 nitrogen and oxygen atoms in total. The molecule has 0 spiro atoms. The SMILES string of the molecule is F[B-](F)(F)c1cncc(OCCOC(F)(F)F)c1. The van der Waals surface area contributed by atoms with Crippen LogP contribution in [0, 0.1) is 0 Å². The lowest BCUT2D eigenvalue weighted by molar-refractivity contribution is -0.325. The van der Waals surface area contributed by atoms with Crippen molar-refractivity contribution in [3.05, 3.63) is 18.5 Å². The predicted octanol–water partition coefficient (Wildman–Crippen LogP) is 2.05. The van der Waals surface area contributed by atoms with E-state index in [0.717, 1.165) is 6.20 Å². The van der Waals surface area contributed by atoms with E-state index in [1.165, 1.54) is 0 Å². The van der Waals surface area contributed by atoms with E-state index < -0.39 is 32.0 Å². The fraction of sp³-hybridized carbons (Fsp3) is 0.375. The Bertz CT molecular complexity index is 394. The molecule has 1 heterocycles. The van der Waals surface area contributed by atoms with Crippen LogP contribution in [0.25, 0.3) is 0 Å². The number of alkyl halides is 3. The number of pyridine rings is 1. The Balaban J connectivity index is 2.49. The summed E-state index contributed by atoms with van der Waals surface area (Å²) < 4.78 is 79.7. The molecule has 0 aliphatic rings. The molecule has 0 saturated carbocycles. The summed E-state index contributed by atoms with van der Waals surface area (Å²) in [5.41, 5.74) is -0.982. The van der Waals surface area contributed by atoms with Crippen molar-refractivity contribution in [1.82, 2.24) is 4.98 Å². The lowest BCUT2D eigenvalue weighted by Crippen LogP contribution is -2.34. The molecule has 0 aliphatic heterocycles. The zero-order chi connectivity index (χ0) is 13.8. The maximum absolute atomic E-state index is 12.3. The highest BCUT2D eigenvalue weighted by atomic mass is 19.4. The molecule has 0 fully saturated rings. The number of nitrogens with zero attached hydrogens (tertiary/aromatic N) is 1. The molecule has 0 unspecified atom stereocenters. The maximum Gasteiger partial charge on any atom is 0.522 e. The topological polar surface area (TPSA) is 31.4 Å². The monoisotopic (exact) mass is 274 g/mol. The van der Waals surface area contributed by atoms with Gasteiger partial charge in [-0.3, -0.25) is 9.72 Å². The van der Waals surface area contributed by atoms with Crippen LogP contribution in [0.4, 0.5) is 26.1 Å². The first-order valence-electron chi connectivity index (χ1n) is 4.67. The van der Waals surface area contributed by atoms with Gasteiger partial charge >= 0.3 is 13.3 Å². The molecule has 0 atom stereocenters. The average molecular weight is 274 g/mol. The van der Waals surface area contributed by atoms with Gasteiger partial charge in [0.2, 0.25) is 0 Å². The van der Waals surface area contributed by atoms with Crippen molar-refractivity contribution < 1.29 is 35.6 Å². The van der Waals surface area contributed by atoms with Gasteiger partial charge < -0.3 is 17.7 Å². The van der Waals surface area contributed by atoms with Gasteiger partial charge in [-0.1, -0.05) is 5.46 Å². The number of halogens is 6. The van der Waals surface area contributed by atoms with E-state index in [0.29, 0.717) is 12.3 Å². The fourth-order valence-electron chi connectivity index (χ4n) is 1.01. The fourth-order valence-corrected chi connectivity index (χ4v) is 1.01. The molecule has 0 radical (unpaired) electrons. The van der Waals surface area contributed by atoms with E-state index in [2.05, 4.69) is 14.5 Å². The Labute approximate surface area is 97.8 Å². The van der Waals surface area contributed by atoms with Gasteiger partial charge in [0, 0.05) is 6.20 Å². The molecule has 18 heavy (non-hydrogen) atoms. The molecule has 10 heteroatoms. The normalized spacial score (nSPS) is 12.6. The first kappa shape index (κ1) is 14.6. The Kier molecular flexibility index (Phi) is 4.44. The van der Waals surface area contributed by atoms with Gasteiger partial charge in [-0.25, -0.2) is 0 Å². The van der Waals surface area contributed by atoms with E-state index in [4.69, 9.17) is 0 Å². The van der Waals surface area contributed by atoms with E-state index in [-0.39, 0.29) is 5.75 Å². The van der Waals surface area contributed by atoms with Crippen molar-refractivity contribution in [3.63, 3.8) is 0 Å². The predicted molar refractivity (Wildman–Crippen MR) is 50.5 cm³/mol. The van der Waals surface area contributed by atoms with Crippen LogP contribution in [-0.4, -0.2) is 31.5 Å². The average Bonchev–Trinajstić information content (AvgIpc) is 2.22. The van der Waals surface area contributed by atoms with Crippen LogP contribution >= 0.6 is 0 Å². The molecule has 1 aromatic heterocycles. The van der Waals surface area contributed by atoms with Crippen molar-refractivity contribution in [3.8, 4) is 5.75 Å². The molecule has 0 bridgehead atoms. The number of hydrogen-bond acceptors (Lipinski definition) is 3. The zero-order valence-corrected chi connectivity index (χ0v) is 8.76. The number of aromatic nitrogens is 1. The molecule has 0 aliphatic carbocycles. The number of ether oxygens (including phenoxy) is 2. The first-order valence-corrected chi connectivity index (χ1v) is 4.67. The summed E-state index contributed by atoms with van der Waals surface area (Å²) >= 11 is 0. The number of hydrogen-bond donors (Lipinski definition) is 0. The molecule has 1 rings (SSSR count). The largest absolute Gasteiger partial charge is 0.522 e. The summed E-state index contributed by atoms with van der Waals surface area (Å²) in [5.74, 6) is -0.266. The lowest BCUT2D eigenvalue weighted by atomic mass is 9.81. The summed E-state index contributed by atoms with van der Waals surface area (Å²) in [5, 5.41) is 0. The molecular weight excluding hydrogens is 267 g/mol. The van der Waals surface area contributed by atoms with Crippen LogP contribution in [0.5, 0.6) is 5.75 Å². The van der Waals surface area contributed by atoms with E-state index in [9.17, 15) is 26.1 Å². The first-order chi connectivity index (χ1) is 8.18. The summed E-state index contributed by atoms with van der Waals surface area (Å²) in [6.07, 6.45) is -3.21. The van der Waals surface area contributed by atoms with Gasteiger partial charge in [-0.15, -0.1) is 13.2 Å². The van der Waals surface area contributed by atoms with Crippen LogP contribution in [0.3, 0.4) is 0 Å². The highest BCUT2D eigenvalue weighted by Gasteiger charge is 2.29. The highest BCUT2D eigenvalue weighted by Crippen LogP contribution is 2.16. The summed E-state index contributed by atoms with van der Waals surface area (Å²) in [6, 6.07) is 0.667. The van der Waals surface area contributed by atoms with Crippen LogP contribution < -0.4 is 10.2 Å². The molecule has 0 aromatic carbocycles. The van der Waals surface area contributed by atoms with E-state index >= 15 is 0 Å². The Morgan fingerprint density at radius 2 is 1.78 bits per heavy atom. The lowest BCUT2D eigenvalue weighted by Gasteiger charge is -2.15. The third-order valence-corrected chi connectivity index (χ3v) is 1.73. The molecule has 0 saturated heterocycles. The molecule has 0 amide bonds. The van der Waals surface area contributed by atoms with Crippen LogP contribution in [0.2, 0.25) is 0 Å². The van der Waals surface area contributed by atoms with Gasteiger partial charge in [-0.05, 0) is 6.07 Å². The molecule has 102 valence electrons. The Morgan fingerprint density at radius 1 is 1.11 bits per heavy atom. The second-order valence-corrected chi connectivity index (χ2v) is 3.17. The third kappa shape index (κ3) is 5.26. The summed E-state index contributed by atoms with van der Waals surface area (Å²) in [4.78, 5) is 3.29. The zero-order valence-electron chi connectivity index (χ0n) is 8.76. The van der Waals surface area contributed by atoms with Crippen LogP contribution in [0.15, 0.2) is 18.5 Å². The summed E-state index contributed by atoms with van der Waals surface area (Å²) in [6.45, 7) is -6.57. The quantitative estimate of drug-likeness (QED) is 0.468. The summed E-state index contributed by atoms with van der Waals surface area (Å²) in [7, 11) is 0. The Morgan fingerprint density at radius 3 is 2.33 bits per heavy atom. The van der Waals surface area contributed by atoms with Crippen molar-refractivity contribution in [1.29, 1.82) is 0 Å². The van der Waals surface area contributed by atoms with Gasteiger partial charge in [0.1, 0.15) is 12.4 Å². The third-order valence-electron chi connectivity index (χ3n) is 1.73. The van der Waals surface area contributed by atoms with Gasteiger partial charge in [0.05, 0.1) is 12.8 Å². The second kappa shape index (κ2) is 5.47. The van der Waals surface area contributed by atoms with Crippen molar-refractivity contribution in [2.45, 2.75) is 6.36 Å². The van der Waals surface area contributed by atoms with Gasteiger partial charge in [0.25, 0.3) is 0 Å². The van der Waals surface area contributed by atoms with Crippen LogP contribution in [-0.2, 0) is 4.74 Å². The van der Waals surface area contributed by atoms with Crippen molar-refractivity contribution in [2.24, 2.45) is 0 Å². The molecular formula is C8H7BF6NO2-. The van der Waals surface area contributed by atoms with Gasteiger partial charge in [-0.2, -0.15) is 0 Å². The number of rotatable bonds is 5. The minimum Gasteiger partial charge on any atom is -0.490 e. The minimum absolute atomic E-state index is 0.266. The van der Waals surface area contributed by atoms with Crippen LogP contribution in [0.1, 0.15) is 0 Å². The maximum atomic E-state index is 12.3. The van der Waals surface area contributed by atoms with Gasteiger partial charge in [0.15, 0.2) is 0 Å². The standard InChI is InChI=1S/C8H7BF6NO2/c10-8(11,12)18-2-1-17-7-3-6(4-16-5-7)9(13,14)15/h3-5H,1-2H2/q-1. The van der Waals surface area contributed by atoms with E-state index in [1.807, 2.05) is 0 Å². The van der Waals surface area contributed by atoms with Crippen molar-refractivity contribution >= 4 is 12.4 Å². The highest BCUT2D eigenvalue weighted by molar-refractivity contribution is 6.73. The Hall–Kier alpha value is -1.45.